The molecule has 1 saturated heterocycles. The molecule has 138 valence electrons. The minimum atomic E-state index is -0.0491. The van der Waals surface area contributed by atoms with Crippen LogP contribution in [0.25, 0.3) is 11.3 Å². The fourth-order valence-corrected chi connectivity index (χ4v) is 4.77. The Balaban J connectivity index is 1.46. The number of benzene rings is 2. The van der Waals surface area contributed by atoms with Crippen molar-refractivity contribution in [1.82, 2.24) is 10.1 Å². The van der Waals surface area contributed by atoms with Crippen LogP contribution in [0.4, 0.5) is 0 Å². The number of thioether (sulfide) groups is 1. The first kappa shape index (κ1) is 17.9. The Labute approximate surface area is 163 Å². The van der Waals surface area contributed by atoms with Crippen molar-refractivity contribution in [3.8, 4) is 11.3 Å². The van der Waals surface area contributed by atoms with E-state index in [1.807, 2.05) is 47.0 Å². The first-order valence-corrected chi connectivity index (χ1v) is 10.3. The van der Waals surface area contributed by atoms with Gasteiger partial charge in [0.15, 0.2) is 11.5 Å². The largest absolute Gasteiger partial charge is 0.355 e. The molecule has 1 unspecified atom stereocenters. The van der Waals surface area contributed by atoms with Crippen molar-refractivity contribution >= 4 is 17.7 Å². The van der Waals surface area contributed by atoms with Gasteiger partial charge >= 0.3 is 0 Å². The summed E-state index contributed by atoms with van der Waals surface area (Å²) >= 11 is 1.93. The Morgan fingerprint density at radius 1 is 1.11 bits per heavy atom. The third kappa shape index (κ3) is 3.93. The van der Waals surface area contributed by atoms with Crippen LogP contribution >= 0.6 is 11.8 Å². The van der Waals surface area contributed by atoms with E-state index in [4.69, 9.17) is 4.52 Å². The molecule has 2 heterocycles. The van der Waals surface area contributed by atoms with Gasteiger partial charge in [0.2, 0.25) is 0 Å². The van der Waals surface area contributed by atoms with Crippen LogP contribution < -0.4 is 0 Å². The fourth-order valence-electron chi connectivity index (χ4n) is 3.45. The van der Waals surface area contributed by atoms with Gasteiger partial charge in [0.1, 0.15) is 0 Å². The van der Waals surface area contributed by atoms with Crippen LogP contribution in [-0.2, 0) is 0 Å². The number of carbonyl (C=O) groups excluding carboxylic acids is 1. The molecular formula is C22H22N2O2S. The summed E-state index contributed by atoms with van der Waals surface area (Å²) in [5.41, 5.74) is 4.01. The second-order valence-electron chi connectivity index (χ2n) is 6.74. The molecular weight excluding hydrogens is 356 g/mol. The second-order valence-corrected chi connectivity index (χ2v) is 8.05. The average Bonchev–Trinajstić information content (AvgIpc) is 3.07. The predicted molar refractivity (Wildman–Crippen MR) is 109 cm³/mol. The monoisotopic (exact) mass is 378 g/mol. The molecule has 2 aromatic carbocycles. The van der Waals surface area contributed by atoms with Crippen LogP contribution in [0, 0.1) is 6.92 Å². The molecule has 4 rings (SSSR count). The summed E-state index contributed by atoms with van der Waals surface area (Å²) in [6.45, 7) is 3.63. The number of carbonyl (C=O) groups is 1. The number of nitrogens with zero attached hydrogens (tertiary/aromatic N) is 2. The Morgan fingerprint density at radius 2 is 1.89 bits per heavy atom. The van der Waals surface area contributed by atoms with Crippen molar-refractivity contribution in [2.24, 2.45) is 0 Å². The predicted octanol–water partition coefficient (Wildman–Crippen LogP) is 4.97. The van der Waals surface area contributed by atoms with Crippen molar-refractivity contribution in [2.75, 3.05) is 18.8 Å². The molecule has 5 heteroatoms. The summed E-state index contributed by atoms with van der Waals surface area (Å²) in [7, 11) is 0. The van der Waals surface area contributed by atoms with E-state index in [9.17, 15) is 4.79 Å². The molecule has 0 saturated carbocycles. The maximum Gasteiger partial charge on any atom is 0.276 e. The minimum absolute atomic E-state index is 0.0491. The van der Waals surface area contributed by atoms with Crippen molar-refractivity contribution in [2.45, 2.75) is 18.6 Å². The number of amides is 1. The summed E-state index contributed by atoms with van der Waals surface area (Å²) < 4.78 is 5.40. The van der Waals surface area contributed by atoms with Gasteiger partial charge in [-0.2, -0.15) is 11.8 Å². The standard InChI is InChI=1S/C22H22N2O2S/c1-16-7-5-6-10-18(16)21-11-12-24(13-14-27-21)22(25)19-15-20(26-23-19)17-8-3-2-4-9-17/h2-10,15,21H,11-14H2,1H3. The minimum Gasteiger partial charge on any atom is -0.355 e. The summed E-state index contributed by atoms with van der Waals surface area (Å²) in [4.78, 5) is 14.8. The molecule has 0 aliphatic carbocycles. The van der Waals surface area contributed by atoms with Crippen LogP contribution in [0.2, 0.25) is 0 Å². The molecule has 27 heavy (non-hydrogen) atoms. The normalized spacial score (nSPS) is 17.5. The number of rotatable bonds is 3. The van der Waals surface area contributed by atoms with Crippen LogP contribution in [-0.4, -0.2) is 34.8 Å². The molecule has 1 amide bonds. The van der Waals surface area contributed by atoms with E-state index in [1.54, 1.807) is 6.07 Å². The highest BCUT2D eigenvalue weighted by Gasteiger charge is 2.25. The summed E-state index contributed by atoms with van der Waals surface area (Å²) in [5.74, 6) is 1.50. The fraction of sp³-hybridized carbons (Fsp3) is 0.273. The number of aryl methyl sites for hydroxylation is 1. The third-order valence-electron chi connectivity index (χ3n) is 4.95. The smallest absolute Gasteiger partial charge is 0.276 e. The first-order valence-electron chi connectivity index (χ1n) is 9.21. The zero-order valence-electron chi connectivity index (χ0n) is 15.3. The molecule has 0 bridgehead atoms. The molecule has 1 aromatic heterocycles. The van der Waals surface area contributed by atoms with Gasteiger partial charge in [-0.05, 0) is 24.5 Å². The van der Waals surface area contributed by atoms with Gasteiger partial charge in [-0.15, -0.1) is 0 Å². The lowest BCUT2D eigenvalue weighted by molar-refractivity contribution is 0.0756. The van der Waals surface area contributed by atoms with Crippen molar-refractivity contribution in [3.05, 3.63) is 77.5 Å². The molecule has 1 aliphatic heterocycles. The van der Waals surface area contributed by atoms with Crippen LogP contribution in [0.1, 0.15) is 33.3 Å². The zero-order valence-corrected chi connectivity index (χ0v) is 16.1. The van der Waals surface area contributed by atoms with Crippen LogP contribution in [0.3, 0.4) is 0 Å². The van der Waals surface area contributed by atoms with Gasteiger partial charge < -0.3 is 9.42 Å². The molecule has 0 radical (unpaired) electrons. The number of aromatic nitrogens is 1. The quantitative estimate of drug-likeness (QED) is 0.645. The van der Waals surface area contributed by atoms with Gasteiger partial charge in [0.25, 0.3) is 5.91 Å². The van der Waals surface area contributed by atoms with Crippen molar-refractivity contribution in [3.63, 3.8) is 0 Å². The molecule has 1 aliphatic rings. The molecule has 1 fully saturated rings. The summed E-state index contributed by atoms with van der Waals surface area (Å²) in [6, 6.07) is 20.0. The highest BCUT2D eigenvalue weighted by Crippen LogP contribution is 2.36. The van der Waals surface area contributed by atoms with E-state index in [0.717, 1.165) is 30.8 Å². The lowest BCUT2D eigenvalue weighted by Gasteiger charge is -2.19. The van der Waals surface area contributed by atoms with Gasteiger partial charge in [-0.3, -0.25) is 4.79 Å². The molecule has 4 nitrogen and oxygen atoms in total. The maximum absolute atomic E-state index is 12.9. The van der Waals surface area contributed by atoms with Gasteiger partial charge in [0, 0.05) is 35.7 Å². The molecule has 3 aromatic rings. The Hall–Kier alpha value is -2.53. The van der Waals surface area contributed by atoms with Gasteiger partial charge in [-0.25, -0.2) is 0 Å². The highest BCUT2D eigenvalue weighted by atomic mass is 32.2. The zero-order chi connectivity index (χ0) is 18.6. The molecule has 1 atom stereocenters. The lowest BCUT2D eigenvalue weighted by Crippen LogP contribution is -2.33. The topological polar surface area (TPSA) is 46.3 Å². The molecule has 0 spiro atoms. The Morgan fingerprint density at radius 3 is 2.70 bits per heavy atom. The average molecular weight is 378 g/mol. The van der Waals surface area contributed by atoms with E-state index in [2.05, 4.69) is 36.3 Å². The van der Waals surface area contributed by atoms with Crippen LogP contribution in [0.15, 0.2) is 65.2 Å². The Bertz CT molecular complexity index is 923. The second kappa shape index (κ2) is 8.01. The van der Waals surface area contributed by atoms with E-state index in [-0.39, 0.29) is 5.91 Å². The summed E-state index contributed by atoms with van der Waals surface area (Å²) in [5, 5.41) is 4.45. The number of hydrogen-bond acceptors (Lipinski definition) is 4. The third-order valence-corrected chi connectivity index (χ3v) is 6.26. The van der Waals surface area contributed by atoms with Crippen molar-refractivity contribution in [1.29, 1.82) is 0 Å². The van der Waals surface area contributed by atoms with Gasteiger partial charge in [0.05, 0.1) is 0 Å². The Kier molecular flexibility index (Phi) is 5.30. The van der Waals surface area contributed by atoms with Crippen molar-refractivity contribution < 1.29 is 9.32 Å². The van der Waals surface area contributed by atoms with Crippen LogP contribution in [0.5, 0.6) is 0 Å². The van der Waals surface area contributed by atoms with E-state index in [0.29, 0.717) is 16.7 Å². The summed E-state index contributed by atoms with van der Waals surface area (Å²) in [6.07, 6.45) is 0.949. The van der Waals surface area contributed by atoms with E-state index >= 15 is 0 Å². The molecule has 0 N–H and O–H groups in total. The lowest BCUT2D eigenvalue weighted by atomic mass is 10.0. The SMILES string of the molecule is Cc1ccccc1C1CCN(C(=O)c2cc(-c3ccccc3)on2)CCS1. The first-order chi connectivity index (χ1) is 13.2. The van der Waals surface area contributed by atoms with E-state index < -0.39 is 0 Å². The van der Waals surface area contributed by atoms with E-state index in [1.165, 1.54) is 11.1 Å². The van der Waals surface area contributed by atoms with Gasteiger partial charge in [-0.1, -0.05) is 59.8 Å². The highest BCUT2D eigenvalue weighted by molar-refractivity contribution is 7.99. The maximum atomic E-state index is 12.9. The number of hydrogen-bond donors (Lipinski definition) is 0.